The van der Waals surface area contributed by atoms with Crippen LogP contribution in [0.1, 0.15) is 31.0 Å². The van der Waals surface area contributed by atoms with Crippen LogP contribution in [0.4, 0.5) is 5.95 Å². The van der Waals surface area contributed by atoms with Crippen molar-refractivity contribution in [1.82, 2.24) is 19.9 Å². The zero-order valence-corrected chi connectivity index (χ0v) is 18.0. The van der Waals surface area contributed by atoms with Gasteiger partial charge in [-0.1, -0.05) is 30.3 Å². The van der Waals surface area contributed by atoms with Crippen molar-refractivity contribution in [3.63, 3.8) is 0 Å². The molecule has 0 bridgehead atoms. The third kappa shape index (κ3) is 5.41. The molecule has 0 saturated heterocycles. The Morgan fingerprint density at radius 3 is 2.39 bits per heavy atom. The SMILES string of the molecule is CCOC(=O)C(O)C(C(=O)OCC)c1nc2c(OCc3ccccc3)nc(N)nc2[nH]c1=O. The van der Waals surface area contributed by atoms with E-state index >= 15 is 0 Å². The number of nitrogens with one attached hydrogen (secondary N) is 1. The first-order chi connectivity index (χ1) is 15.8. The van der Waals surface area contributed by atoms with Gasteiger partial charge >= 0.3 is 11.9 Å². The quantitative estimate of drug-likeness (QED) is 0.380. The molecule has 0 aliphatic heterocycles. The van der Waals surface area contributed by atoms with Gasteiger partial charge in [0.05, 0.1) is 13.2 Å². The number of aliphatic hydroxyl groups excluding tert-OH is 1. The lowest BCUT2D eigenvalue weighted by Crippen LogP contribution is -2.39. The van der Waals surface area contributed by atoms with Gasteiger partial charge in [-0.3, -0.25) is 9.59 Å². The maximum atomic E-state index is 12.7. The molecule has 2 heterocycles. The van der Waals surface area contributed by atoms with Crippen LogP contribution in [0.3, 0.4) is 0 Å². The van der Waals surface area contributed by atoms with E-state index in [4.69, 9.17) is 19.9 Å². The molecule has 33 heavy (non-hydrogen) atoms. The highest BCUT2D eigenvalue weighted by atomic mass is 16.6. The van der Waals surface area contributed by atoms with Gasteiger partial charge < -0.3 is 30.0 Å². The van der Waals surface area contributed by atoms with Crippen LogP contribution in [0.5, 0.6) is 5.88 Å². The molecule has 12 nitrogen and oxygen atoms in total. The first-order valence-electron chi connectivity index (χ1n) is 10.1. The summed E-state index contributed by atoms with van der Waals surface area (Å²) in [6.07, 6.45) is -2.03. The number of aromatic amines is 1. The van der Waals surface area contributed by atoms with Crippen molar-refractivity contribution in [1.29, 1.82) is 0 Å². The Kier molecular flexibility index (Phi) is 7.51. The van der Waals surface area contributed by atoms with Crippen LogP contribution in [0.25, 0.3) is 11.2 Å². The fourth-order valence-electron chi connectivity index (χ4n) is 3.00. The molecular weight excluding hydrogens is 434 g/mol. The number of fused-ring (bicyclic) bond motifs is 1. The number of H-pyrrole nitrogens is 1. The highest BCUT2D eigenvalue weighted by Crippen LogP contribution is 2.24. The van der Waals surface area contributed by atoms with Gasteiger partial charge in [0.1, 0.15) is 18.2 Å². The smallest absolute Gasteiger partial charge is 0.336 e. The van der Waals surface area contributed by atoms with E-state index in [1.165, 1.54) is 13.8 Å². The number of ether oxygens (including phenoxy) is 3. The molecule has 2 unspecified atom stereocenters. The lowest BCUT2D eigenvalue weighted by atomic mass is 9.98. The summed E-state index contributed by atoms with van der Waals surface area (Å²) in [6, 6.07) is 9.18. The number of benzene rings is 1. The third-order valence-electron chi connectivity index (χ3n) is 4.46. The van der Waals surface area contributed by atoms with Crippen molar-refractivity contribution in [2.24, 2.45) is 0 Å². The maximum absolute atomic E-state index is 12.7. The van der Waals surface area contributed by atoms with Crippen molar-refractivity contribution in [2.45, 2.75) is 32.5 Å². The van der Waals surface area contributed by atoms with E-state index in [1.807, 2.05) is 30.3 Å². The second kappa shape index (κ2) is 10.5. The Bertz CT molecular complexity index is 1200. The highest BCUT2D eigenvalue weighted by molar-refractivity contribution is 5.88. The molecule has 2 atom stereocenters. The molecule has 0 fully saturated rings. The number of esters is 2. The van der Waals surface area contributed by atoms with E-state index in [1.54, 1.807) is 0 Å². The average Bonchev–Trinajstić information content (AvgIpc) is 2.79. The van der Waals surface area contributed by atoms with Crippen LogP contribution in [-0.4, -0.2) is 56.3 Å². The monoisotopic (exact) mass is 457 g/mol. The van der Waals surface area contributed by atoms with Crippen LogP contribution in [0.2, 0.25) is 0 Å². The number of nitrogens with zero attached hydrogens (tertiary/aromatic N) is 3. The number of carbonyl (C=O) groups is 2. The second-order valence-corrected chi connectivity index (χ2v) is 6.74. The van der Waals surface area contributed by atoms with Gasteiger partial charge in [-0.2, -0.15) is 9.97 Å². The molecule has 0 aliphatic carbocycles. The van der Waals surface area contributed by atoms with Gasteiger partial charge in [0.25, 0.3) is 5.56 Å². The number of anilines is 1. The van der Waals surface area contributed by atoms with E-state index in [-0.39, 0.29) is 42.8 Å². The lowest BCUT2D eigenvalue weighted by molar-refractivity contribution is -0.162. The molecule has 174 valence electrons. The van der Waals surface area contributed by atoms with Crippen LogP contribution in [0, 0.1) is 0 Å². The Labute approximate surface area is 187 Å². The number of carbonyl (C=O) groups excluding carboxylic acids is 2. The predicted molar refractivity (Wildman–Crippen MR) is 115 cm³/mol. The number of aliphatic hydroxyl groups is 1. The van der Waals surface area contributed by atoms with Crippen LogP contribution in [0.15, 0.2) is 35.1 Å². The fourth-order valence-corrected chi connectivity index (χ4v) is 3.00. The minimum atomic E-state index is -2.03. The van der Waals surface area contributed by atoms with E-state index in [0.717, 1.165) is 5.56 Å². The number of nitrogens with two attached hydrogens (primary N) is 1. The molecule has 12 heteroatoms. The van der Waals surface area contributed by atoms with Gasteiger partial charge in [0.15, 0.2) is 17.3 Å². The molecule has 0 saturated carbocycles. The van der Waals surface area contributed by atoms with Gasteiger partial charge in [0.2, 0.25) is 11.8 Å². The summed E-state index contributed by atoms with van der Waals surface area (Å²) in [5.41, 5.74) is 5.11. The van der Waals surface area contributed by atoms with E-state index in [0.29, 0.717) is 0 Å². The molecule has 3 aromatic rings. The number of rotatable bonds is 9. The first kappa shape index (κ1) is 23.6. The minimum Gasteiger partial charge on any atom is -0.471 e. The van der Waals surface area contributed by atoms with Crippen LogP contribution in [-0.2, 0) is 25.7 Å². The van der Waals surface area contributed by atoms with E-state index in [9.17, 15) is 19.5 Å². The van der Waals surface area contributed by atoms with E-state index in [2.05, 4.69) is 19.9 Å². The zero-order valence-electron chi connectivity index (χ0n) is 18.0. The van der Waals surface area contributed by atoms with Crippen molar-refractivity contribution >= 4 is 29.1 Å². The van der Waals surface area contributed by atoms with Gasteiger partial charge in [-0.25, -0.2) is 9.78 Å². The number of aromatic nitrogens is 4. The number of hydrogen-bond donors (Lipinski definition) is 3. The maximum Gasteiger partial charge on any atom is 0.336 e. The summed E-state index contributed by atoms with van der Waals surface area (Å²) in [5.74, 6) is -4.13. The summed E-state index contributed by atoms with van der Waals surface area (Å²) in [5, 5.41) is 10.5. The molecule has 1 aromatic carbocycles. The largest absolute Gasteiger partial charge is 0.471 e. The van der Waals surface area contributed by atoms with Crippen molar-refractivity contribution < 1.29 is 28.9 Å². The average molecular weight is 457 g/mol. The Hall–Kier alpha value is -4.06. The summed E-state index contributed by atoms with van der Waals surface area (Å²) in [6.45, 7) is 3.08. The van der Waals surface area contributed by atoms with Crippen LogP contribution >= 0.6 is 0 Å². The van der Waals surface area contributed by atoms with Gasteiger partial charge in [-0.05, 0) is 19.4 Å². The molecule has 0 amide bonds. The number of nitrogen functional groups attached to an aromatic ring is 1. The molecule has 0 spiro atoms. The molecule has 0 radical (unpaired) electrons. The fraction of sp³-hybridized carbons (Fsp3) is 0.333. The first-order valence-corrected chi connectivity index (χ1v) is 10.1. The zero-order chi connectivity index (χ0) is 24.0. The predicted octanol–water partition coefficient (Wildman–Crippen LogP) is 0.445. The van der Waals surface area contributed by atoms with E-state index < -0.39 is 35.2 Å². The second-order valence-electron chi connectivity index (χ2n) is 6.74. The Morgan fingerprint density at radius 1 is 1.06 bits per heavy atom. The summed E-state index contributed by atoms with van der Waals surface area (Å²) in [7, 11) is 0. The van der Waals surface area contributed by atoms with Crippen molar-refractivity contribution in [3.8, 4) is 5.88 Å². The molecule has 3 rings (SSSR count). The van der Waals surface area contributed by atoms with Crippen molar-refractivity contribution in [3.05, 3.63) is 51.9 Å². The third-order valence-corrected chi connectivity index (χ3v) is 4.46. The van der Waals surface area contributed by atoms with Crippen molar-refractivity contribution in [2.75, 3.05) is 18.9 Å². The standard InChI is InChI=1S/C21H23N5O7/c1-3-31-19(29)12(15(27)20(30)32-4-2)13-17(28)24-16-14(23-13)18(26-21(22)25-16)33-10-11-8-6-5-7-9-11/h5-9,12,15,27H,3-4,10H2,1-2H3,(H3,22,24,25,26,28). The van der Waals surface area contributed by atoms with Gasteiger partial charge in [0, 0.05) is 0 Å². The van der Waals surface area contributed by atoms with Crippen LogP contribution < -0.4 is 16.0 Å². The highest BCUT2D eigenvalue weighted by Gasteiger charge is 2.39. The summed E-state index contributed by atoms with van der Waals surface area (Å²) >= 11 is 0. The Morgan fingerprint density at radius 2 is 1.73 bits per heavy atom. The molecule has 2 aromatic heterocycles. The number of hydrogen-bond acceptors (Lipinski definition) is 11. The topological polar surface area (TPSA) is 180 Å². The van der Waals surface area contributed by atoms with Gasteiger partial charge in [-0.15, -0.1) is 0 Å². The molecule has 4 N–H and O–H groups in total. The summed E-state index contributed by atoms with van der Waals surface area (Å²) in [4.78, 5) is 52.0. The lowest BCUT2D eigenvalue weighted by Gasteiger charge is -2.19. The molecular formula is C21H23N5O7. The molecule has 0 aliphatic rings. The Balaban J connectivity index is 2.09. The normalized spacial score (nSPS) is 12.7. The minimum absolute atomic E-state index is 0.0277. The summed E-state index contributed by atoms with van der Waals surface area (Å²) < 4.78 is 15.5.